The molecule has 1 fully saturated rings. The van der Waals surface area contributed by atoms with Crippen LogP contribution in [0.2, 0.25) is 5.02 Å². The van der Waals surface area contributed by atoms with Gasteiger partial charge in [0.05, 0.1) is 5.02 Å². The first kappa shape index (κ1) is 12.3. The highest BCUT2D eigenvalue weighted by Gasteiger charge is 2.28. The topological polar surface area (TPSA) is 62.7 Å². The molecule has 6 heteroatoms. The summed E-state index contributed by atoms with van der Waals surface area (Å²) in [7, 11) is 0. The van der Waals surface area contributed by atoms with Crippen LogP contribution in [0.1, 0.15) is 42.0 Å². The molecule has 0 atom stereocenters. The number of amides is 1. The lowest BCUT2D eigenvalue weighted by Gasteiger charge is -2.06. The van der Waals surface area contributed by atoms with Gasteiger partial charge in [0.2, 0.25) is 0 Å². The minimum atomic E-state index is -0.173. The van der Waals surface area contributed by atoms with Crippen molar-refractivity contribution in [2.75, 3.05) is 5.32 Å². The van der Waals surface area contributed by atoms with E-state index in [1.165, 1.54) is 0 Å². The van der Waals surface area contributed by atoms with Gasteiger partial charge in [0.25, 0.3) is 5.91 Å². The Morgan fingerprint density at radius 2 is 2.37 bits per heavy atom. The molecule has 0 unspecified atom stereocenters. The van der Waals surface area contributed by atoms with Crippen LogP contribution in [0.15, 0.2) is 18.3 Å². The highest BCUT2D eigenvalue weighted by Crippen LogP contribution is 2.37. The fourth-order valence-corrected chi connectivity index (χ4v) is 2.28. The number of hydrogen-bond acceptors (Lipinski definition) is 2. The largest absolute Gasteiger partial charge is 0.339 e. The maximum atomic E-state index is 12.2. The Bertz CT molecular complexity index is 612. The normalized spacial score (nSPS) is 14.6. The Hall–Kier alpha value is -1.75. The zero-order valence-corrected chi connectivity index (χ0v) is 11.4. The van der Waals surface area contributed by atoms with Crippen LogP contribution in [0, 0.1) is 0 Å². The lowest BCUT2D eigenvalue weighted by Crippen LogP contribution is -2.16. The number of anilines is 1. The van der Waals surface area contributed by atoms with Gasteiger partial charge in [-0.15, -0.1) is 0 Å². The van der Waals surface area contributed by atoms with Crippen LogP contribution < -0.4 is 5.32 Å². The van der Waals surface area contributed by atoms with Gasteiger partial charge >= 0.3 is 0 Å². The average Bonchev–Trinajstić information content (AvgIpc) is 3.01. The summed E-state index contributed by atoms with van der Waals surface area (Å²) < 4.78 is 1.95. The van der Waals surface area contributed by atoms with Gasteiger partial charge in [0.15, 0.2) is 5.82 Å². The van der Waals surface area contributed by atoms with Crippen molar-refractivity contribution in [3.63, 3.8) is 0 Å². The Balaban J connectivity index is 1.79. The van der Waals surface area contributed by atoms with E-state index in [0.717, 1.165) is 25.0 Å². The van der Waals surface area contributed by atoms with Gasteiger partial charge in [0, 0.05) is 24.0 Å². The second-order valence-corrected chi connectivity index (χ2v) is 5.20. The van der Waals surface area contributed by atoms with Crippen molar-refractivity contribution >= 4 is 23.3 Å². The molecule has 0 radical (unpaired) electrons. The number of carbonyl (C=O) groups excluding carboxylic acids is 1. The SMILES string of the molecule is CCc1cc(NC(=O)c2cc(Cl)cn2C2CC2)n[nH]1. The van der Waals surface area contributed by atoms with E-state index in [2.05, 4.69) is 15.5 Å². The van der Waals surface area contributed by atoms with Crippen LogP contribution >= 0.6 is 11.6 Å². The number of rotatable bonds is 4. The van der Waals surface area contributed by atoms with Gasteiger partial charge in [-0.2, -0.15) is 5.10 Å². The van der Waals surface area contributed by atoms with Crippen LogP contribution in [0.4, 0.5) is 5.82 Å². The summed E-state index contributed by atoms with van der Waals surface area (Å²) in [6.45, 7) is 2.02. The van der Waals surface area contributed by atoms with Crippen molar-refractivity contribution in [2.24, 2.45) is 0 Å². The molecule has 1 amide bonds. The standard InChI is InChI=1S/C13H15ClN4O/c1-2-9-6-12(17-16-9)15-13(19)11-5-8(14)7-18(11)10-3-4-10/h5-7,10H,2-4H2,1H3,(H2,15,16,17,19). The minimum absolute atomic E-state index is 0.173. The van der Waals surface area contributed by atoms with Crippen LogP contribution in [0.25, 0.3) is 0 Å². The fraction of sp³-hybridized carbons (Fsp3) is 0.385. The van der Waals surface area contributed by atoms with Gasteiger partial charge in [-0.25, -0.2) is 0 Å². The molecular formula is C13H15ClN4O. The third-order valence-corrected chi connectivity index (χ3v) is 3.45. The van der Waals surface area contributed by atoms with E-state index in [-0.39, 0.29) is 5.91 Å². The predicted octanol–water partition coefficient (Wildman–Crippen LogP) is 3.01. The summed E-state index contributed by atoms with van der Waals surface area (Å²) in [5.74, 6) is 0.370. The van der Waals surface area contributed by atoms with Crippen molar-refractivity contribution in [3.05, 3.63) is 34.7 Å². The van der Waals surface area contributed by atoms with Crippen molar-refractivity contribution in [3.8, 4) is 0 Å². The van der Waals surface area contributed by atoms with Gasteiger partial charge < -0.3 is 9.88 Å². The molecule has 5 nitrogen and oxygen atoms in total. The highest BCUT2D eigenvalue weighted by atomic mass is 35.5. The van der Waals surface area contributed by atoms with Crippen LogP contribution in [-0.2, 0) is 6.42 Å². The molecule has 2 aromatic rings. The van der Waals surface area contributed by atoms with E-state index in [0.29, 0.717) is 22.6 Å². The number of nitrogens with one attached hydrogen (secondary N) is 2. The van der Waals surface area contributed by atoms with E-state index in [1.807, 2.05) is 23.8 Å². The molecule has 19 heavy (non-hydrogen) atoms. The third-order valence-electron chi connectivity index (χ3n) is 3.24. The number of hydrogen-bond donors (Lipinski definition) is 2. The Kier molecular flexibility index (Phi) is 3.06. The molecule has 0 saturated heterocycles. The van der Waals surface area contributed by atoms with Crippen LogP contribution in [0.3, 0.4) is 0 Å². The lowest BCUT2D eigenvalue weighted by atomic mass is 10.3. The molecule has 0 aromatic carbocycles. The van der Waals surface area contributed by atoms with E-state index in [1.54, 1.807) is 6.07 Å². The first-order valence-corrected chi connectivity index (χ1v) is 6.78. The van der Waals surface area contributed by atoms with Gasteiger partial charge in [-0.1, -0.05) is 18.5 Å². The van der Waals surface area contributed by atoms with Gasteiger partial charge in [0.1, 0.15) is 5.69 Å². The smallest absolute Gasteiger partial charge is 0.273 e. The summed E-state index contributed by atoms with van der Waals surface area (Å²) in [6, 6.07) is 3.95. The predicted molar refractivity (Wildman–Crippen MR) is 73.6 cm³/mol. The minimum Gasteiger partial charge on any atom is -0.339 e. The molecule has 0 bridgehead atoms. The van der Waals surface area contributed by atoms with Gasteiger partial charge in [-0.3, -0.25) is 9.89 Å². The van der Waals surface area contributed by atoms with E-state index in [4.69, 9.17) is 11.6 Å². The second kappa shape index (κ2) is 4.74. The Morgan fingerprint density at radius 3 is 3.00 bits per heavy atom. The summed E-state index contributed by atoms with van der Waals surface area (Å²) in [4.78, 5) is 12.2. The molecule has 3 rings (SSSR count). The monoisotopic (exact) mass is 278 g/mol. The zero-order valence-electron chi connectivity index (χ0n) is 10.6. The third kappa shape index (κ3) is 2.51. The van der Waals surface area contributed by atoms with Crippen molar-refractivity contribution in [1.82, 2.24) is 14.8 Å². The zero-order chi connectivity index (χ0) is 13.4. The van der Waals surface area contributed by atoms with Crippen molar-refractivity contribution < 1.29 is 4.79 Å². The highest BCUT2D eigenvalue weighted by molar-refractivity contribution is 6.31. The number of halogens is 1. The van der Waals surface area contributed by atoms with Crippen LogP contribution in [0.5, 0.6) is 0 Å². The summed E-state index contributed by atoms with van der Waals surface area (Å²) in [5, 5.41) is 10.3. The van der Waals surface area contributed by atoms with E-state index >= 15 is 0 Å². The number of aromatic amines is 1. The molecular weight excluding hydrogens is 264 g/mol. The first-order valence-electron chi connectivity index (χ1n) is 6.40. The molecule has 2 heterocycles. The summed E-state index contributed by atoms with van der Waals surface area (Å²) >= 11 is 5.99. The average molecular weight is 279 g/mol. The molecule has 2 N–H and O–H groups in total. The number of nitrogens with zero attached hydrogens (tertiary/aromatic N) is 2. The number of carbonyl (C=O) groups is 1. The van der Waals surface area contributed by atoms with Crippen LogP contribution in [-0.4, -0.2) is 20.7 Å². The van der Waals surface area contributed by atoms with E-state index in [9.17, 15) is 4.79 Å². The maximum absolute atomic E-state index is 12.2. The summed E-state index contributed by atoms with van der Waals surface area (Å²) in [5.41, 5.74) is 1.58. The van der Waals surface area contributed by atoms with Crippen molar-refractivity contribution in [2.45, 2.75) is 32.2 Å². The molecule has 1 aliphatic rings. The Morgan fingerprint density at radius 1 is 1.58 bits per heavy atom. The molecule has 0 spiro atoms. The van der Waals surface area contributed by atoms with Crippen molar-refractivity contribution in [1.29, 1.82) is 0 Å². The first-order chi connectivity index (χ1) is 9.17. The molecule has 2 aromatic heterocycles. The van der Waals surface area contributed by atoms with E-state index < -0.39 is 0 Å². The molecule has 1 aliphatic carbocycles. The molecule has 1 saturated carbocycles. The number of aromatic nitrogens is 3. The fourth-order valence-electron chi connectivity index (χ4n) is 2.07. The molecule has 100 valence electrons. The van der Waals surface area contributed by atoms with Gasteiger partial charge in [-0.05, 0) is 25.3 Å². The molecule has 0 aliphatic heterocycles. The number of aryl methyl sites for hydroxylation is 1. The summed E-state index contributed by atoms with van der Waals surface area (Å²) in [6.07, 6.45) is 4.88. The quantitative estimate of drug-likeness (QED) is 0.903. The maximum Gasteiger partial charge on any atom is 0.273 e. The lowest BCUT2D eigenvalue weighted by molar-refractivity contribution is 0.101. The second-order valence-electron chi connectivity index (χ2n) is 4.77. The number of H-pyrrole nitrogens is 1. The Labute approximate surface area is 116 Å².